The molecule has 29 heavy (non-hydrogen) atoms. The Hall–Kier alpha value is -3.40. The molecular weight excluding hydrogens is 360 g/mol. The second-order valence-electron chi connectivity index (χ2n) is 7.68. The van der Waals surface area contributed by atoms with Gasteiger partial charge in [-0.25, -0.2) is 0 Å². The lowest BCUT2D eigenvalue weighted by Gasteiger charge is -2.39. The van der Waals surface area contributed by atoms with Crippen molar-refractivity contribution in [3.8, 4) is 0 Å². The number of rotatable bonds is 5. The second kappa shape index (κ2) is 7.92. The first-order valence-electron chi connectivity index (χ1n) is 9.84. The molecule has 0 spiro atoms. The number of carbonyl (C=O) groups is 2. The van der Waals surface area contributed by atoms with Crippen molar-refractivity contribution in [2.75, 3.05) is 4.90 Å². The van der Waals surface area contributed by atoms with Crippen LogP contribution in [0.4, 0.5) is 5.69 Å². The van der Waals surface area contributed by atoms with Crippen molar-refractivity contribution in [3.63, 3.8) is 0 Å². The van der Waals surface area contributed by atoms with E-state index in [9.17, 15) is 9.59 Å². The normalized spacial score (nSPS) is 18.2. The van der Waals surface area contributed by atoms with Crippen molar-refractivity contribution in [1.29, 1.82) is 0 Å². The van der Waals surface area contributed by atoms with Gasteiger partial charge in [0.15, 0.2) is 0 Å². The van der Waals surface area contributed by atoms with E-state index in [1.54, 1.807) is 11.8 Å². The molecule has 1 N–H and O–H groups in total. The summed E-state index contributed by atoms with van der Waals surface area (Å²) in [6, 6.07) is 27.5. The summed E-state index contributed by atoms with van der Waals surface area (Å²) in [6.07, 6.45) is 0.397. The highest BCUT2D eigenvalue weighted by atomic mass is 16.2. The van der Waals surface area contributed by atoms with Gasteiger partial charge in [0.1, 0.15) is 5.41 Å². The highest BCUT2D eigenvalue weighted by Crippen LogP contribution is 2.38. The summed E-state index contributed by atoms with van der Waals surface area (Å²) >= 11 is 0. The lowest BCUT2D eigenvalue weighted by Crippen LogP contribution is -2.55. The van der Waals surface area contributed by atoms with Gasteiger partial charge in [0.05, 0.1) is 6.54 Å². The van der Waals surface area contributed by atoms with E-state index in [2.05, 4.69) is 5.32 Å². The van der Waals surface area contributed by atoms with Crippen LogP contribution in [0.5, 0.6) is 0 Å². The zero-order valence-electron chi connectivity index (χ0n) is 16.5. The summed E-state index contributed by atoms with van der Waals surface area (Å²) in [5, 5.41) is 2.97. The molecule has 0 bridgehead atoms. The van der Waals surface area contributed by atoms with E-state index in [4.69, 9.17) is 0 Å². The molecule has 0 radical (unpaired) electrons. The Morgan fingerprint density at radius 3 is 2.17 bits per heavy atom. The van der Waals surface area contributed by atoms with E-state index >= 15 is 0 Å². The SMILES string of the molecule is C[C@@]1(C(=O)NCc2ccccc2)Cc2ccccc2N(Cc2ccccc2)C1=O. The number of hydrogen-bond donors (Lipinski definition) is 1. The monoisotopic (exact) mass is 384 g/mol. The van der Waals surface area contributed by atoms with Crippen molar-refractivity contribution in [1.82, 2.24) is 5.32 Å². The molecule has 0 aromatic heterocycles. The van der Waals surface area contributed by atoms with Gasteiger partial charge in [0, 0.05) is 12.2 Å². The van der Waals surface area contributed by atoms with Crippen LogP contribution in [0.1, 0.15) is 23.6 Å². The molecule has 2 amide bonds. The van der Waals surface area contributed by atoms with E-state index in [0.717, 1.165) is 22.4 Å². The predicted molar refractivity (Wildman–Crippen MR) is 114 cm³/mol. The molecule has 1 aliphatic rings. The fraction of sp³-hybridized carbons (Fsp3) is 0.200. The lowest BCUT2D eigenvalue weighted by molar-refractivity contribution is -0.141. The van der Waals surface area contributed by atoms with Crippen LogP contribution in [-0.2, 0) is 29.1 Å². The first kappa shape index (κ1) is 18.9. The number of anilines is 1. The number of hydrogen-bond acceptors (Lipinski definition) is 2. The van der Waals surface area contributed by atoms with Crippen LogP contribution < -0.4 is 10.2 Å². The van der Waals surface area contributed by atoms with Crippen LogP contribution in [0.2, 0.25) is 0 Å². The van der Waals surface area contributed by atoms with E-state index in [1.807, 2.05) is 84.9 Å². The fourth-order valence-corrected chi connectivity index (χ4v) is 3.86. The average Bonchev–Trinajstić information content (AvgIpc) is 2.76. The van der Waals surface area contributed by atoms with Crippen molar-refractivity contribution in [3.05, 3.63) is 102 Å². The molecule has 4 rings (SSSR count). The first-order chi connectivity index (χ1) is 14.1. The molecule has 0 saturated carbocycles. The second-order valence-corrected chi connectivity index (χ2v) is 7.68. The number of carbonyl (C=O) groups excluding carboxylic acids is 2. The van der Waals surface area contributed by atoms with Crippen LogP contribution >= 0.6 is 0 Å². The van der Waals surface area contributed by atoms with Crippen molar-refractivity contribution < 1.29 is 9.59 Å². The van der Waals surface area contributed by atoms with E-state index in [1.165, 1.54) is 0 Å². The third-order valence-corrected chi connectivity index (χ3v) is 5.52. The number of nitrogens with one attached hydrogen (secondary N) is 1. The van der Waals surface area contributed by atoms with E-state index < -0.39 is 5.41 Å². The lowest BCUT2D eigenvalue weighted by atomic mass is 9.77. The molecule has 1 aliphatic heterocycles. The van der Waals surface area contributed by atoms with Crippen LogP contribution in [0.25, 0.3) is 0 Å². The summed E-state index contributed by atoms with van der Waals surface area (Å²) in [5.41, 5.74) is 2.80. The maximum absolute atomic E-state index is 13.5. The molecule has 0 saturated heterocycles. The number of nitrogens with zero attached hydrogens (tertiary/aromatic N) is 1. The zero-order valence-corrected chi connectivity index (χ0v) is 16.5. The third kappa shape index (κ3) is 3.79. The minimum Gasteiger partial charge on any atom is -0.351 e. The fourth-order valence-electron chi connectivity index (χ4n) is 3.86. The standard InChI is InChI=1S/C25H24N2O2/c1-25(23(28)26-17-19-10-4-2-5-11-19)16-21-14-8-9-15-22(21)27(24(25)29)18-20-12-6-3-7-13-20/h2-15H,16-18H2,1H3,(H,26,28)/t25-/m0/s1. The van der Waals surface area contributed by atoms with Gasteiger partial charge in [-0.3, -0.25) is 9.59 Å². The van der Waals surface area contributed by atoms with E-state index in [-0.39, 0.29) is 11.8 Å². The molecule has 1 heterocycles. The molecule has 3 aromatic carbocycles. The van der Waals surface area contributed by atoms with Crippen LogP contribution in [0.3, 0.4) is 0 Å². The van der Waals surface area contributed by atoms with Gasteiger partial charge in [0.2, 0.25) is 11.8 Å². The molecule has 4 nitrogen and oxygen atoms in total. The Labute approximate surface area is 171 Å². The average molecular weight is 384 g/mol. The quantitative estimate of drug-likeness (QED) is 0.674. The summed E-state index contributed by atoms with van der Waals surface area (Å²) in [5.74, 6) is -0.399. The number of amides is 2. The summed E-state index contributed by atoms with van der Waals surface area (Å²) < 4.78 is 0. The summed E-state index contributed by atoms with van der Waals surface area (Å²) in [4.78, 5) is 28.4. The summed E-state index contributed by atoms with van der Waals surface area (Å²) in [7, 11) is 0. The minimum atomic E-state index is -1.14. The minimum absolute atomic E-state index is 0.161. The Kier molecular flexibility index (Phi) is 5.17. The van der Waals surface area contributed by atoms with Gasteiger partial charge >= 0.3 is 0 Å². The van der Waals surface area contributed by atoms with Crippen LogP contribution in [0.15, 0.2) is 84.9 Å². The van der Waals surface area contributed by atoms with Gasteiger partial charge < -0.3 is 10.2 Å². The van der Waals surface area contributed by atoms with Gasteiger partial charge in [-0.2, -0.15) is 0 Å². The third-order valence-electron chi connectivity index (χ3n) is 5.52. The van der Waals surface area contributed by atoms with E-state index in [0.29, 0.717) is 19.5 Å². The highest BCUT2D eigenvalue weighted by molar-refractivity contribution is 6.13. The Balaban J connectivity index is 1.62. The van der Waals surface area contributed by atoms with Crippen molar-refractivity contribution in [2.24, 2.45) is 5.41 Å². The number of benzene rings is 3. The maximum Gasteiger partial charge on any atom is 0.243 e. The molecule has 0 unspecified atom stereocenters. The van der Waals surface area contributed by atoms with Gasteiger partial charge in [0.25, 0.3) is 0 Å². The molecule has 1 atom stereocenters. The molecule has 146 valence electrons. The Bertz CT molecular complexity index is 1020. The summed E-state index contributed by atoms with van der Waals surface area (Å²) in [6.45, 7) is 2.60. The topological polar surface area (TPSA) is 49.4 Å². The smallest absolute Gasteiger partial charge is 0.243 e. The van der Waals surface area contributed by atoms with Crippen LogP contribution in [-0.4, -0.2) is 11.8 Å². The Morgan fingerprint density at radius 2 is 1.48 bits per heavy atom. The molecule has 3 aromatic rings. The first-order valence-corrected chi connectivity index (χ1v) is 9.84. The molecule has 4 heteroatoms. The van der Waals surface area contributed by atoms with Crippen molar-refractivity contribution in [2.45, 2.75) is 26.4 Å². The highest BCUT2D eigenvalue weighted by Gasteiger charge is 2.47. The van der Waals surface area contributed by atoms with Gasteiger partial charge in [-0.05, 0) is 36.1 Å². The van der Waals surface area contributed by atoms with Crippen molar-refractivity contribution >= 4 is 17.5 Å². The predicted octanol–water partition coefficient (Wildman–Crippen LogP) is 4.10. The molecule has 0 fully saturated rings. The number of fused-ring (bicyclic) bond motifs is 1. The maximum atomic E-state index is 13.5. The molecular formula is C25H24N2O2. The zero-order chi connectivity index (χ0) is 20.3. The van der Waals surface area contributed by atoms with Crippen LogP contribution in [0, 0.1) is 5.41 Å². The van der Waals surface area contributed by atoms with Gasteiger partial charge in [-0.1, -0.05) is 78.9 Å². The molecule has 0 aliphatic carbocycles. The number of para-hydroxylation sites is 1. The van der Waals surface area contributed by atoms with Gasteiger partial charge in [-0.15, -0.1) is 0 Å². The Morgan fingerprint density at radius 1 is 0.897 bits per heavy atom. The largest absolute Gasteiger partial charge is 0.351 e.